The highest BCUT2D eigenvalue weighted by Crippen LogP contribution is 2.44. The number of benzene rings is 8. The first-order valence-corrected chi connectivity index (χ1v) is 17.4. The van der Waals surface area contributed by atoms with E-state index >= 15 is 0 Å². The van der Waals surface area contributed by atoms with Crippen molar-refractivity contribution in [1.82, 2.24) is 0 Å². The van der Waals surface area contributed by atoms with E-state index in [0.29, 0.717) is 0 Å². The van der Waals surface area contributed by atoms with E-state index < -0.39 is 0 Å². The van der Waals surface area contributed by atoms with Crippen LogP contribution >= 0.6 is 11.3 Å². The van der Waals surface area contributed by atoms with E-state index in [9.17, 15) is 0 Å². The van der Waals surface area contributed by atoms with Crippen LogP contribution < -0.4 is 4.90 Å². The average molecular weight is 644 g/mol. The number of fused-ring (bicyclic) bond motifs is 7. The van der Waals surface area contributed by atoms with E-state index in [1.807, 2.05) is 23.5 Å². The van der Waals surface area contributed by atoms with E-state index in [1.165, 1.54) is 53.2 Å². The summed E-state index contributed by atoms with van der Waals surface area (Å²) in [6.45, 7) is 0. The van der Waals surface area contributed by atoms with Crippen LogP contribution in [-0.2, 0) is 0 Å². The van der Waals surface area contributed by atoms with Crippen LogP contribution in [0.25, 0.3) is 75.1 Å². The molecule has 0 radical (unpaired) electrons. The molecule has 8 aromatic carbocycles. The molecule has 0 amide bonds. The highest BCUT2D eigenvalue weighted by molar-refractivity contribution is 7.25. The Morgan fingerprint density at radius 2 is 1.10 bits per heavy atom. The van der Waals surface area contributed by atoms with Crippen LogP contribution in [0.2, 0.25) is 0 Å². The van der Waals surface area contributed by atoms with Crippen molar-refractivity contribution >= 4 is 81.3 Å². The fraction of sp³-hybridized carbons (Fsp3) is 0. The molecule has 0 atom stereocenters. The lowest BCUT2D eigenvalue weighted by atomic mass is 9.97. The van der Waals surface area contributed by atoms with Crippen LogP contribution in [0.15, 0.2) is 180 Å². The summed E-state index contributed by atoms with van der Waals surface area (Å²) in [7, 11) is 0. The first-order chi connectivity index (χ1) is 24.3. The Bertz CT molecular complexity index is 2840. The molecule has 10 aromatic rings. The van der Waals surface area contributed by atoms with Gasteiger partial charge in [0.2, 0.25) is 0 Å². The lowest BCUT2D eigenvalue weighted by Gasteiger charge is -2.27. The molecular formula is C46H29NOS. The molecule has 49 heavy (non-hydrogen) atoms. The quantitative estimate of drug-likeness (QED) is 0.186. The van der Waals surface area contributed by atoms with Crippen molar-refractivity contribution in [2.24, 2.45) is 0 Å². The largest absolute Gasteiger partial charge is 0.456 e. The molecule has 10 rings (SSSR count). The molecule has 2 heterocycles. The van der Waals surface area contributed by atoms with Gasteiger partial charge in [-0.05, 0) is 87.6 Å². The maximum Gasteiger partial charge on any atom is 0.137 e. The molecule has 0 saturated heterocycles. The molecule has 0 fully saturated rings. The van der Waals surface area contributed by atoms with E-state index in [0.717, 1.165) is 39.0 Å². The minimum atomic E-state index is 0.877. The van der Waals surface area contributed by atoms with Crippen molar-refractivity contribution in [3.63, 3.8) is 0 Å². The molecule has 0 aliphatic rings. The zero-order chi connectivity index (χ0) is 32.3. The van der Waals surface area contributed by atoms with Crippen molar-refractivity contribution < 1.29 is 4.42 Å². The van der Waals surface area contributed by atoms with Crippen LogP contribution in [0, 0.1) is 0 Å². The van der Waals surface area contributed by atoms with Gasteiger partial charge in [0.15, 0.2) is 0 Å². The summed E-state index contributed by atoms with van der Waals surface area (Å²) in [4.78, 5) is 2.37. The fourth-order valence-electron chi connectivity index (χ4n) is 7.37. The average Bonchev–Trinajstić information content (AvgIpc) is 3.74. The molecule has 0 saturated carbocycles. The van der Waals surface area contributed by atoms with E-state index in [-0.39, 0.29) is 0 Å². The Morgan fingerprint density at radius 1 is 0.408 bits per heavy atom. The zero-order valence-corrected chi connectivity index (χ0v) is 27.3. The molecule has 0 spiro atoms. The third-order valence-electron chi connectivity index (χ3n) is 9.66. The third-order valence-corrected chi connectivity index (χ3v) is 10.8. The minimum absolute atomic E-state index is 0.877. The third kappa shape index (κ3) is 4.62. The van der Waals surface area contributed by atoms with Gasteiger partial charge in [0.05, 0.1) is 11.1 Å². The molecule has 0 N–H and O–H groups in total. The van der Waals surface area contributed by atoms with Gasteiger partial charge in [-0.1, -0.05) is 121 Å². The first-order valence-electron chi connectivity index (χ1n) is 16.6. The lowest BCUT2D eigenvalue weighted by molar-refractivity contribution is 0.669. The number of para-hydroxylation sites is 1. The monoisotopic (exact) mass is 643 g/mol. The number of furan rings is 1. The lowest BCUT2D eigenvalue weighted by Crippen LogP contribution is -2.10. The molecule has 0 aliphatic heterocycles. The van der Waals surface area contributed by atoms with Crippen molar-refractivity contribution in [1.29, 1.82) is 0 Å². The Balaban J connectivity index is 1.14. The summed E-state index contributed by atoms with van der Waals surface area (Å²) in [6.07, 6.45) is 0. The minimum Gasteiger partial charge on any atom is -0.456 e. The second-order valence-electron chi connectivity index (χ2n) is 12.5. The summed E-state index contributed by atoms with van der Waals surface area (Å²) in [5, 5.41) is 7.34. The molecule has 2 aromatic heterocycles. The molecule has 2 nitrogen and oxygen atoms in total. The Kier molecular flexibility index (Phi) is 6.39. The predicted molar refractivity (Wildman–Crippen MR) is 210 cm³/mol. The second kappa shape index (κ2) is 11.2. The maximum absolute atomic E-state index is 6.36. The highest BCUT2D eigenvalue weighted by Gasteiger charge is 2.20. The van der Waals surface area contributed by atoms with Gasteiger partial charge in [-0.25, -0.2) is 0 Å². The molecule has 0 unspecified atom stereocenters. The van der Waals surface area contributed by atoms with Crippen molar-refractivity contribution in [2.75, 3.05) is 4.90 Å². The van der Waals surface area contributed by atoms with Gasteiger partial charge in [-0.2, -0.15) is 0 Å². The number of nitrogens with zero attached hydrogens (tertiary/aromatic N) is 1. The van der Waals surface area contributed by atoms with E-state index in [1.54, 1.807) is 0 Å². The van der Waals surface area contributed by atoms with Gasteiger partial charge in [-0.3, -0.25) is 0 Å². The summed E-state index contributed by atoms with van der Waals surface area (Å²) < 4.78 is 9.00. The van der Waals surface area contributed by atoms with Crippen LogP contribution in [0.3, 0.4) is 0 Å². The zero-order valence-electron chi connectivity index (χ0n) is 26.5. The van der Waals surface area contributed by atoms with Crippen LogP contribution in [0.1, 0.15) is 0 Å². The number of rotatable bonds is 5. The highest BCUT2D eigenvalue weighted by atomic mass is 32.1. The number of hydrogen-bond acceptors (Lipinski definition) is 3. The molecule has 230 valence electrons. The van der Waals surface area contributed by atoms with E-state index in [4.69, 9.17) is 4.42 Å². The topological polar surface area (TPSA) is 16.4 Å². The van der Waals surface area contributed by atoms with Gasteiger partial charge in [0.1, 0.15) is 11.2 Å². The second-order valence-corrected chi connectivity index (χ2v) is 13.6. The van der Waals surface area contributed by atoms with Gasteiger partial charge >= 0.3 is 0 Å². The Labute approximate surface area is 287 Å². The normalized spacial score (nSPS) is 11.7. The maximum atomic E-state index is 6.36. The first kappa shape index (κ1) is 27.9. The smallest absolute Gasteiger partial charge is 0.137 e. The van der Waals surface area contributed by atoms with Crippen molar-refractivity contribution in [3.05, 3.63) is 176 Å². The van der Waals surface area contributed by atoms with Gasteiger partial charge in [0.25, 0.3) is 0 Å². The van der Waals surface area contributed by atoms with E-state index in [2.05, 4.69) is 169 Å². The van der Waals surface area contributed by atoms with Crippen LogP contribution in [-0.4, -0.2) is 0 Å². The number of hydrogen-bond donors (Lipinski definition) is 0. The van der Waals surface area contributed by atoms with Gasteiger partial charge < -0.3 is 9.32 Å². The summed E-state index contributed by atoms with van der Waals surface area (Å²) in [5.74, 6) is 0. The van der Waals surface area contributed by atoms with Gasteiger partial charge in [-0.15, -0.1) is 11.3 Å². The van der Waals surface area contributed by atoms with Crippen LogP contribution in [0.4, 0.5) is 17.1 Å². The molecule has 0 aliphatic carbocycles. The molecule has 3 heteroatoms. The molecule has 0 bridgehead atoms. The number of thiophene rings is 1. The standard InChI is InChI=1S/C46H29NOS/c1-2-14-36-31(10-1)11-8-17-37(36)33-12-7-13-35(28-33)47(41-18-9-20-43-46(41)40-16-3-5-19-42(40)48-43)34-25-22-30(23-26-34)32-24-27-39-38-15-4-6-21-44(38)49-45(39)29-32/h1-29H. The Hall–Kier alpha value is -6.16. The fourth-order valence-corrected chi connectivity index (χ4v) is 8.51. The van der Waals surface area contributed by atoms with Crippen molar-refractivity contribution in [2.45, 2.75) is 0 Å². The summed E-state index contributed by atoms with van der Waals surface area (Å²) >= 11 is 1.86. The summed E-state index contributed by atoms with van der Waals surface area (Å²) in [5.41, 5.74) is 9.83. The predicted octanol–water partition coefficient (Wildman–Crippen LogP) is 13.9. The van der Waals surface area contributed by atoms with Gasteiger partial charge in [0, 0.05) is 36.9 Å². The SMILES string of the molecule is c1cc(-c2cccc3ccccc23)cc(N(c2ccc(-c3ccc4c(c3)sc3ccccc34)cc2)c2cccc3oc4ccccc4c23)c1. The number of anilines is 3. The summed E-state index contributed by atoms with van der Waals surface area (Å²) in [6, 6.07) is 63.3. The Morgan fingerprint density at radius 3 is 2.02 bits per heavy atom. The van der Waals surface area contributed by atoms with Crippen molar-refractivity contribution in [3.8, 4) is 22.3 Å². The van der Waals surface area contributed by atoms with Crippen LogP contribution in [0.5, 0.6) is 0 Å². The molecular weight excluding hydrogens is 615 g/mol.